The quantitative estimate of drug-likeness (QED) is 0.660. The summed E-state index contributed by atoms with van der Waals surface area (Å²) in [6.07, 6.45) is 0. The third-order valence-electron chi connectivity index (χ3n) is 4.13. The molecule has 0 saturated heterocycles. The number of carbonyl (C=O) groups is 2. The molecule has 1 aromatic carbocycles. The Morgan fingerprint density at radius 2 is 1.44 bits per heavy atom. The molecule has 0 aliphatic carbocycles. The molecule has 0 aliphatic heterocycles. The zero-order chi connectivity index (χ0) is 20.0. The second-order valence-electron chi connectivity index (χ2n) is 5.72. The topological polar surface area (TPSA) is 76.0 Å². The van der Waals surface area contributed by atoms with Crippen LogP contribution >= 0.6 is 0 Å². The van der Waals surface area contributed by atoms with Crippen LogP contribution in [0.25, 0.3) is 0 Å². The fourth-order valence-corrected chi connectivity index (χ4v) is 2.87. The van der Waals surface area contributed by atoms with Crippen LogP contribution in [0.1, 0.15) is 45.8 Å². The minimum atomic E-state index is -0.617. The van der Waals surface area contributed by atoms with Gasteiger partial charge in [0, 0.05) is 5.69 Å². The van der Waals surface area contributed by atoms with Gasteiger partial charge in [-0.15, -0.1) is 0 Å². The van der Waals surface area contributed by atoms with E-state index in [4.69, 9.17) is 18.9 Å². The van der Waals surface area contributed by atoms with Crippen LogP contribution in [-0.2, 0) is 16.0 Å². The Kier molecular flexibility index (Phi) is 6.87. The molecule has 0 aliphatic rings. The number of esters is 2. The zero-order valence-electron chi connectivity index (χ0n) is 16.3. The molecule has 0 saturated carbocycles. The summed E-state index contributed by atoms with van der Waals surface area (Å²) in [7, 11) is 3.06. The molecule has 146 valence electrons. The van der Waals surface area contributed by atoms with E-state index in [0.29, 0.717) is 12.2 Å². The molecule has 0 unspecified atom stereocenters. The summed E-state index contributed by atoms with van der Waals surface area (Å²) in [5, 5.41) is 0. The van der Waals surface area contributed by atoms with Crippen molar-refractivity contribution < 1.29 is 28.5 Å². The van der Waals surface area contributed by atoms with Crippen LogP contribution in [0.2, 0.25) is 0 Å². The van der Waals surface area contributed by atoms with Gasteiger partial charge in [-0.05, 0) is 38.5 Å². The van der Waals surface area contributed by atoms with Crippen LogP contribution in [0.4, 0.5) is 0 Å². The fourth-order valence-electron chi connectivity index (χ4n) is 2.87. The van der Waals surface area contributed by atoms with Crippen molar-refractivity contribution in [3.05, 3.63) is 46.6 Å². The molecule has 1 heterocycles. The van der Waals surface area contributed by atoms with E-state index in [1.807, 2.05) is 24.3 Å². The normalized spacial score (nSPS) is 10.4. The average molecular weight is 375 g/mol. The van der Waals surface area contributed by atoms with E-state index >= 15 is 0 Å². The first-order chi connectivity index (χ1) is 13.0. The molecule has 2 aromatic rings. The number of rotatable bonds is 8. The maximum absolute atomic E-state index is 12.5. The predicted molar refractivity (Wildman–Crippen MR) is 99.7 cm³/mol. The summed E-state index contributed by atoms with van der Waals surface area (Å²) in [4.78, 5) is 25.0. The minimum Gasteiger partial charge on any atom is -0.497 e. The van der Waals surface area contributed by atoms with Gasteiger partial charge in [-0.1, -0.05) is 12.1 Å². The average Bonchev–Trinajstić information content (AvgIpc) is 2.94. The Balaban J connectivity index is 2.56. The number of ether oxygens (including phenoxy) is 4. The zero-order valence-corrected chi connectivity index (χ0v) is 16.3. The number of aromatic nitrogens is 1. The van der Waals surface area contributed by atoms with Gasteiger partial charge in [-0.3, -0.25) is 0 Å². The molecule has 0 amide bonds. The molecule has 27 heavy (non-hydrogen) atoms. The third-order valence-corrected chi connectivity index (χ3v) is 4.13. The van der Waals surface area contributed by atoms with Crippen molar-refractivity contribution in [1.29, 1.82) is 0 Å². The lowest BCUT2D eigenvalue weighted by atomic mass is 10.1. The van der Waals surface area contributed by atoms with Gasteiger partial charge in [0.2, 0.25) is 5.88 Å². The number of benzene rings is 1. The van der Waals surface area contributed by atoms with Crippen LogP contribution in [0.5, 0.6) is 11.6 Å². The molecule has 1 aromatic heterocycles. The van der Waals surface area contributed by atoms with Crippen LogP contribution in [-0.4, -0.2) is 43.9 Å². The maximum Gasteiger partial charge on any atom is 0.344 e. The second-order valence-corrected chi connectivity index (χ2v) is 5.72. The van der Waals surface area contributed by atoms with Gasteiger partial charge in [-0.2, -0.15) is 0 Å². The van der Waals surface area contributed by atoms with Gasteiger partial charge in [0.05, 0.1) is 39.5 Å². The maximum atomic E-state index is 12.5. The highest BCUT2D eigenvalue weighted by Gasteiger charge is 2.32. The minimum absolute atomic E-state index is 0.0869. The van der Waals surface area contributed by atoms with Crippen LogP contribution in [0.15, 0.2) is 24.3 Å². The predicted octanol–water partition coefficient (Wildman–Crippen LogP) is 3.22. The van der Waals surface area contributed by atoms with E-state index in [-0.39, 0.29) is 30.2 Å². The number of nitrogens with zero attached hydrogens (tertiary/aromatic N) is 1. The molecule has 0 N–H and O–H groups in total. The number of carbonyl (C=O) groups excluding carboxylic acids is 2. The monoisotopic (exact) mass is 375 g/mol. The van der Waals surface area contributed by atoms with Crippen molar-refractivity contribution in [2.24, 2.45) is 0 Å². The highest BCUT2D eigenvalue weighted by atomic mass is 16.5. The Bertz CT molecular complexity index is 807. The molecule has 7 nitrogen and oxygen atoms in total. The van der Waals surface area contributed by atoms with Crippen LogP contribution in [0.3, 0.4) is 0 Å². The summed E-state index contributed by atoms with van der Waals surface area (Å²) >= 11 is 0. The summed E-state index contributed by atoms with van der Waals surface area (Å²) in [6.45, 7) is 5.96. The fraction of sp³-hybridized carbons (Fsp3) is 0.400. The van der Waals surface area contributed by atoms with Crippen molar-refractivity contribution in [2.45, 2.75) is 27.3 Å². The Morgan fingerprint density at radius 1 is 0.889 bits per heavy atom. The lowest BCUT2D eigenvalue weighted by Crippen LogP contribution is -2.13. The first kappa shape index (κ1) is 20.4. The second kappa shape index (κ2) is 9.12. The van der Waals surface area contributed by atoms with Crippen molar-refractivity contribution in [3.8, 4) is 11.6 Å². The molecule has 0 spiro atoms. The standard InChI is InChI=1S/C20H25NO6/c1-6-26-19(22)16-13(3)21(12-14-8-10-15(24-4)11-9-14)18(25-5)17(16)20(23)27-7-2/h8-11H,6-7,12H2,1-5H3. The van der Waals surface area contributed by atoms with Crippen molar-refractivity contribution in [1.82, 2.24) is 4.57 Å². The first-order valence-corrected chi connectivity index (χ1v) is 8.72. The highest BCUT2D eigenvalue weighted by molar-refractivity contribution is 6.06. The SMILES string of the molecule is CCOC(=O)c1c(C(=O)OCC)c(OC)n(Cc2ccc(OC)cc2)c1C. The summed E-state index contributed by atoms with van der Waals surface area (Å²) in [5.41, 5.74) is 1.78. The molecule has 2 rings (SSSR count). The smallest absolute Gasteiger partial charge is 0.344 e. The summed E-state index contributed by atoms with van der Waals surface area (Å²) in [5.74, 6) is -0.182. The lowest BCUT2D eigenvalue weighted by Gasteiger charge is -2.12. The largest absolute Gasteiger partial charge is 0.497 e. The Labute approximate surface area is 158 Å². The van der Waals surface area contributed by atoms with Gasteiger partial charge in [0.25, 0.3) is 0 Å². The molecule has 0 radical (unpaired) electrons. The van der Waals surface area contributed by atoms with Crippen LogP contribution < -0.4 is 9.47 Å². The van der Waals surface area contributed by atoms with E-state index in [1.165, 1.54) is 7.11 Å². The summed E-state index contributed by atoms with van der Waals surface area (Å²) < 4.78 is 22.7. The number of hydrogen-bond donors (Lipinski definition) is 0. The van der Waals surface area contributed by atoms with E-state index in [2.05, 4.69) is 0 Å². The van der Waals surface area contributed by atoms with Gasteiger partial charge in [0.1, 0.15) is 11.3 Å². The van der Waals surface area contributed by atoms with Gasteiger partial charge in [-0.25, -0.2) is 9.59 Å². The Hall–Kier alpha value is -2.96. The summed E-state index contributed by atoms with van der Waals surface area (Å²) in [6, 6.07) is 7.51. The van der Waals surface area contributed by atoms with Crippen LogP contribution in [0, 0.1) is 6.92 Å². The van der Waals surface area contributed by atoms with Crippen molar-refractivity contribution >= 4 is 11.9 Å². The Morgan fingerprint density at radius 3 is 1.93 bits per heavy atom. The number of hydrogen-bond acceptors (Lipinski definition) is 6. The highest BCUT2D eigenvalue weighted by Crippen LogP contribution is 2.32. The molecule has 7 heteroatoms. The van der Waals surface area contributed by atoms with Gasteiger partial charge >= 0.3 is 11.9 Å². The molecule has 0 atom stereocenters. The first-order valence-electron chi connectivity index (χ1n) is 8.72. The molecular weight excluding hydrogens is 350 g/mol. The lowest BCUT2D eigenvalue weighted by molar-refractivity contribution is 0.0477. The molecule has 0 bridgehead atoms. The van der Waals surface area contributed by atoms with E-state index in [9.17, 15) is 9.59 Å². The van der Waals surface area contributed by atoms with Gasteiger partial charge in [0.15, 0.2) is 0 Å². The third kappa shape index (κ3) is 4.24. The van der Waals surface area contributed by atoms with E-state index < -0.39 is 11.9 Å². The van der Waals surface area contributed by atoms with Crippen molar-refractivity contribution in [3.63, 3.8) is 0 Å². The van der Waals surface area contributed by atoms with Gasteiger partial charge < -0.3 is 23.5 Å². The molecule has 0 fully saturated rings. The van der Waals surface area contributed by atoms with E-state index in [0.717, 1.165) is 11.3 Å². The number of methoxy groups -OCH3 is 2. The molecular formula is C20H25NO6. The van der Waals surface area contributed by atoms with E-state index in [1.54, 1.807) is 32.4 Å². The van der Waals surface area contributed by atoms with Crippen molar-refractivity contribution in [2.75, 3.05) is 27.4 Å².